The second-order valence-corrected chi connectivity index (χ2v) is 9.42. The highest BCUT2D eigenvalue weighted by molar-refractivity contribution is 7.12. The average Bonchev–Trinajstić information content (AvgIpc) is 2.91. The molecule has 0 bridgehead atoms. The molecular weight excluding hydrogens is 320 g/mol. The van der Waals surface area contributed by atoms with E-state index in [0.29, 0.717) is 24.2 Å². The minimum absolute atomic E-state index is 0.204. The molecule has 1 aromatic rings. The van der Waals surface area contributed by atoms with Crippen molar-refractivity contribution in [3.05, 3.63) is 20.9 Å². The van der Waals surface area contributed by atoms with Crippen molar-refractivity contribution in [3.63, 3.8) is 0 Å². The molecule has 1 fully saturated rings. The molecule has 0 amide bonds. The summed E-state index contributed by atoms with van der Waals surface area (Å²) in [7, 11) is 2.07. The van der Waals surface area contributed by atoms with Crippen molar-refractivity contribution in [3.8, 4) is 0 Å². The number of likely N-dealkylation sites (N-methyl/N-ethyl adjacent to an activating group) is 1. The van der Waals surface area contributed by atoms with Crippen molar-refractivity contribution in [1.29, 1.82) is 0 Å². The van der Waals surface area contributed by atoms with Gasteiger partial charge in [0.05, 0.1) is 5.56 Å². The van der Waals surface area contributed by atoms with Crippen molar-refractivity contribution >= 4 is 17.3 Å². The van der Waals surface area contributed by atoms with Gasteiger partial charge in [-0.15, -0.1) is 11.3 Å². The van der Waals surface area contributed by atoms with Crippen molar-refractivity contribution in [2.45, 2.75) is 70.8 Å². The van der Waals surface area contributed by atoms with Crippen LogP contribution < -0.4 is 5.73 Å². The second-order valence-electron chi connectivity index (χ2n) is 8.29. The highest BCUT2D eigenvalue weighted by Gasteiger charge is 2.38. The highest BCUT2D eigenvalue weighted by Crippen LogP contribution is 2.47. The van der Waals surface area contributed by atoms with Gasteiger partial charge < -0.3 is 10.8 Å². The number of carbonyl (C=O) groups is 1. The van der Waals surface area contributed by atoms with E-state index >= 15 is 0 Å². The zero-order chi connectivity index (χ0) is 17.5. The van der Waals surface area contributed by atoms with Gasteiger partial charge in [-0.1, -0.05) is 26.7 Å². The molecule has 0 aromatic carbocycles. The number of carboxylic acids is 1. The summed E-state index contributed by atoms with van der Waals surface area (Å²) in [5, 5.41) is 9.96. The number of aromatic carboxylic acids is 1. The van der Waals surface area contributed by atoms with Gasteiger partial charge in [-0.05, 0) is 50.1 Å². The molecule has 0 aliphatic heterocycles. The fraction of sp³-hybridized carbons (Fsp3) is 0.737. The fourth-order valence-corrected chi connectivity index (χ4v) is 6.02. The minimum Gasteiger partial charge on any atom is -0.478 e. The number of nitrogens with two attached hydrogens (primary N) is 1. The van der Waals surface area contributed by atoms with E-state index in [-0.39, 0.29) is 5.41 Å². The normalized spacial score (nSPS) is 26.4. The van der Waals surface area contributed by atoms with Crippen LogP contribution in [0.25, 0.3) is 0 Å². The molecule has 0 spiro atoms. The number of rotatable bonds is 4. The second kappa shape index (κ2) is 6.77. The molecule has 24 heavy (non-hydrogen) atoms. The number of fused-ring (bicyclic) bond motifs is 1. The predicted octanol–water partition coefficient (Wildman–Crippen LogP) is 3.84. The largest absolute Gasteiger partial charge is 0.478 e. The molecule has 1 saturated carbocycles. The number of carboxylic acid groups (broad SMARTS) is 1. The maximum atomic E-state index is 12.1. The van der Waals surface area contributed by atoms with Gasteiger partial charge in [-0.2, -0.15) is 0 Å². The molecule has 3 rings (SSSR count). The lowest BCUT2D eigenvalue weighted by Gasteiger charge is -2.37. The first-order valence-electron chi connectivity index (χ1n) is 9.12. The van der Waals surface area contributed by atoms with Crippen molar-refractivity contribution in [2.75, 3.05) is 13.7 Å². The van der Waals surface area contributed by atoms with Crippen molar-refractivity contribution < 1.29 is 9.90 Å². The molecule has 1 heterocycles. The van der Waals surface area contributed by atoms with E-state index in [9.17, 15) is 9.90 Å². The predicted molar refractivity (Wildman–Crippen MR) is 98.9 cm³/mol. The van der Waals surface area contributed by atoms with Crippen LogP contribution in [0.2, 0.25) is 0 Å². The van der Waals surface area contributed by atoms with Crippen LogP contribution in [0.15, 0.2) is 0 Å². The highest BCUT2D eigenvalue weighted by atomic mass is 32.1. The third-order valence-electron chi connectivity index (χ3n) is 5.94. The zero-order valence-electron chi connectivity index (χ0n) is 15.1. The van der Waals surface area contributed by atoms with Crippen LogP contribution in [0.1, 0.15) is 77.5 Å². The Morgan fingerprint density at radius 1 is 1.38 bits per heavy atom. The lowest BCUT2D eigenvalue weighted by molar-refractivity contribution is 0.0692. The van der Waals surface area contributed by atoms with E-state index in [2.05, 4.69) is 25.8 Å². The molecule has 0 radical (unpaired) electrons. The number of aryl methyl sites for hydroxylation is 1. The van der Waals surface area contributed by atoms with Gasteiger partial charge in [0.15, 0.2) is 0 Å². The van der Waals surface area contributed by atoms with Crippen LogP contribution in [0.3, 0.4) is 0 Å². The van der Waals surface area contributed by atoms with Crippen LogP contribution >= 0.6 is 11.3 Å². The molecule has 2 aliphatic rings. The number of thiophene rings is 1. The fourth-order valence-electron chi connectivity index (χ4n) is 4.52. The number of nitrogens with zero attached hydrogens (tertiary/aromatic N) is 1. The van der Waals surface area contributed by atoms with E-state index in [0.717, 1.165) is 42.5 Å². The molecule has 2 aliphatic carbocycles. The Kier molecular flexibility index (Phi) is 5.05. The zero-order valence-corrected chi connectivity index (χ0v) is 15.9. The summed E-state index contributed by atoms with van der Waals surface area (Å²) in [6.07, 6.45) is 7.67. The van der Waals surface area contributed by atoms with E-state index in [1.165, 1.54) is 17.7 Å². The Balaban J connectivity index is 2.04. The van der Waals surface area contributed by atoms with Gasteiger partial charge in [0.1, 0.15) is 0 Å². The third-order valence-corrected chi connectivity index (χ3v) is 7.36. The SMILES string of the molecule is CN(CN)[C@H]1CCCC[C@H]1c1sc2c(c1C(=O)O)CC(C)(C)CC2. The van der Waals surface area contributed by atoms with Gasteiger partial charge in [-0.3, -0.25) is 4.90 Å². The molecule has 5 heteroatoms. The lowest BCUT2D eigenvalue weighted by atomic mass is 9.75. The maximum absolute atomic E-state index is 12.1. The molecule has 0 unspecified atom stereocenters. The molecule has 3 N–H and O–H groups in total. The maximum Gasteiger partial charge on any atom is 0.337 e. The smallest absolute Gasteiger partial charge is 0.337 e. The summed E-state index contributed by atoms with van der Waals surface area (Å²) in [6.45, 7) is 5.04. The van der Waals surface area contributed by atoms with Crippen molar-refractivity contribution in [1.82, 2.24) is 4.90 Å². The first-order valence-corrected chi connectivity index (χ1v) is 9.94. The van der Waals surface area contributed by atoms with Gasteiger partial charge in [0.2, 0.25) is 0 Å². The van der Waals surface area contributed by atoms with Crippen LogP contribution in [0, 0.1) is 5.41 Å². The Bertz CT molecular complexity index is 623. The van der Waals surface area contributed by atoms with Crippen LogP contribution in [-0.2, 0) is 12.8 Å². The molecule has 134 valence electrons. The van der Waals surface area contributed by atoms with E-state index in [4.69, 9.17) is 5.73 Å². The monoisotopic (exact) mass is 350 g/mol. The minimum atomic E-state index is -0.736. The average molecular weight is 351 g/mol. The van der Waals surface area contributed by atoms with Gasteiger partial charge in [-0.25, -0.2) is 4.79 Å². The molecule has 1 aromatic heterocycles. The molecular formula is C19H30N2O2S. The Morgan fingerprint density at radius 2 is 2.08 bits per heavy atom. The summed E-state index contributed by atoms with van der Waals surface area (Å²) in [6, 6.07) is 0.370. The standard InChI is InChI=1S/C19H30N2O2S/c1-19(2)9-8-15-13(10-19)16(18(22)23)17(24-15)12-6-4-5-7-14(12)21(3)11-20/h12,14H,4-11,20H2,1-3H3,(H,22,23)/t12-,14+/m1/s1. The Labute approximate surface area is 149 Å². The topological polar surface area (TPSA) is 66.6 Å². The van der Waals surface area contributed by atoms with Crippen LogP contribution in [0.5, 0.6) is 0 Å². The van der Waals surface area contributed by atoms with Crippen LogP contribution in [-0.4, -0.2) is 35.7 Å². The first kappa shape index (κ1) is 17.9. The summed E-state index contributed by atoms with van der Waals surface area (Å²) >= 11 is 1.78. The van der Waals surface area contributed by atoms with Gasteiger partial charge in [0.25, 0.3) is 0 Å². The Morgan fingerprint density at radius 3 is 2.75 bits per heavy atom. The number of hydrogen-bond acceptors (Lipinski definition) is 4. The number of hydrogen-bond donors (Lipinski definition) is 2. The third kappa shape index (κ3) is 3.26. The quantitative estimate of drug-likeness (QED) is 0.810. The molecule has 0 saturated heterocycles. The summed E-state index contributed by atoms with van der Waals surface area (Å²) in [5.41, 5.74) is 7.84. The summed E-state index contributed by atoms with van der Waals surface area (Å²) in [4.78, 5) is 16.8. The Hall–Kier alpha value is -0.910. The summed E-state index contributed by atoms with van der Waals surface area (Å²) < 4.78 is 0. The summed E-state index contributed by atoms with van der Waals surface area (Å²) in [5.74, 6) is -0.419. The van der Waals surface area contributed by atoms with Crippen LogP contribution in [0.4, 0.5) is 0 Å². The first-order chi connectivity index (χ1) is 11.3. The van der Waals surface area contributed by atoms with Crippen molar-refractivity contribution in [2.24, 2.45) is 11.1 Å². The van der Waals surface area contributed by atoms with E-state index in [1.807, 2.05) is 0 Å². The van der Waals surface area contributed by atoms with E-state index in [1.54, 1.807) is 11.3 Å². The van der Waals surface area contributed by atoms with E-state index < -0.39 is 5.97 Å². The molecule has 2 atom stereocenters. The lowest BCUT2D eigenvalue weighted by Crippen LogP contribution is -2.42. The molecule has 4 nitrogen and oxygen atoms in total. The van der Waals surface area contributed by atoms with Gasteiger partial charge >= 0.3 is 5.97 Å². The van der Waals surface area contributed by atoms with Gasteiger partial charge in [0, 0.05) is 28.4 Å².